The minimum Gasteiger partial charge on any atom is -0.481 e. The van der Waals surface area contributed by atoms with Crippen molar-refractivity contribution in [2.75, 3.05) is 0 Å². The molecule has 0 saturated carbocycles. The quantitative estimate of drug-likeness (QED) is 0.186. The second-order valence-corrected chi connectivity index (χ2v) is 14.8. The average molecular weight is 581 g/mol. The highest BCUT2D eigenvalue weighted by Gasteiger charge is 2.34. The molecule has 40 heavy (non-hydrogen) atoms. The van der Waals surface area contributed by atoms with Gasteiger partial charge in [-0.1, -0.05) is 45.0 Å². The molecular formula is C31H36N2O5S2. The summed E-state index contributed by atoms with van der Waals surface area (Å²) in [6, 6.07) is 13.9. The maximum atomic E-state index is 12.2. The molecule has 2 aromatic heterocycles. The first kappa shape index (κ1) is 29.7. The first-order valence-electron chi connectivity index (χ1n) is 13.1. The number of carboxylic acid groups (broad SMARTS) is 2. The van der Waals surface area contributed by atoms with Crippen LogP contribution in [0, 0.1) is 5.41 Å². The molecule has 0 atom stereocenters. The van der Waals surface area contributed by atoms with Gasteiger partial charge in [0, 0.05) is 56.3 Å². The molecule has 4 rings (SSSR count). The first-order chi connectivity index (χ1) is 18.6. The van der Waals surface area contributed by atoms with E-state index in [0.717, 1.165) is 37.6 Å². The number of hydrogen-bond acceptors (Lipinski definition) is 6. The van der Waals surface area contributed by atoms with Gasteiger partial charge in [-0.25, -0.2) is 9.78 Å². The SMILES string of the molecule is CC(C)(C)Sc1c(CC(C)(C)C(=O)O)n(Cc2ccc(-c3nccs3)cc2)c2ccc(OC(C)(C)C(=O)O)cc12. The summed E-state index contributed by atoms with van der Waals surface area (Å²) in [5.41, 5.74) is 1.59. The van der Waals surface area contributed by atoms with Crippen LogP contribution in [0.1, 0.15) is 59.7 Å². The molecule has 7 nitrogen and oxygen atoms in total. The van der Waals surface area contributed by atoms with E-state index >= 15 is 0 Å². The number of hydrogen-bond donors (Lipinski definition) is 2. The Morgan fingerprint density at radius 1 is 0.975 bits per heavy atom. The fourth-order valence-corrected chi connectivity index (χ4v) is 6.16. The number of carboxylic acids is 2. The summed E-state index contributed by atoms with van der Waals surface area (Å²) in [6.45, 7) is 13.4. The smallest absolute Gasteiger partial charge is 0.347 e. The third-order valence-corrected chi connectivity index (χ3v) is 8.64. The zero-order valence-corrected chi connectivity index (χ0v) is 25.6. The van der Waals surface area contributed by atoms with Crippen LogP contribution < -0.4 is 4.74 Å². The monoisotopic (exact) mass is 580 g/mol. The largest absolute Gasteiger partial charge is 0.481 e. The number of ether oxygens (including phenoxy) is 1. The third kappa shape index (κ3) is 6.53. The molecule has 2 heterocycles. The van der Waals surface area contributed by atoms with Crippen molar-refractivity contribution in [2.24, 2.45) is 5.41 Å². The molecule has 0 radical (unpaired) electrons. The molecule has 2 aromatic carbocycles. The molecule has 0 aliphatic carbocycles. The molecule has 0 bridgehead atoms. The Bertz CT molecular complexity index is 1530. The Kier molecular flexibility index (Phi) is 8.11. The van der Waals surface area contributed by atoms with Crippen molar-refractivity contribution < 1.29 is 24.5 Å². The van der Waals surface area contributed by atoms with E-state index in [-0.39, 0.29) is 4.75 Å². The van der Waals surface area contributed by atoms with Crippen molar-refractivity contribution >= 4 is 45.9 Å². The second-order valence-electron chi connectivity index (χ2n) is 12.1. The van der Waals surface area contributed by atoms with E-state index in [9.17, 15) is 19.8 Å². The Labute approximate surface area is 243 Å². The van der Waals surface area contributed by atoms with Crippen molar-refractivity contribution in [1.29, 1.82) is 0 Å². The Morgan fingerprint density at radius 3 is 2.20 bits per heavy atom. The van der Waals surface area contributed by atoms with Gasteiger partial charge in [0.15, 0.2) is 5.60 Å². The second kappa shape index (κ2) is 10.9. The Balaban J connectivity index is 1.89. The minimum atomic E-state index is -1.40. The van der Waals surface area contributed by atoms with Crippen molar-refractivity contribution in [3.8, 4) is 16.3 Å². The van der Waals surface area contributed by atoms with Crippen LogP contribution in [-0.2, 0) is 22.6 Å². The molecular weight excluding hydrogens is 544 g/mol. The minimum absolute atomic E-state index is 0.159. The lowest BCUT2D eigenvalue weighted by Gasteiger charge is -2.24. The molecule has 4 aromatic rings. The number of rotatable bonds is 10. The predicted octanol–water partition coefficient (Wildman–Crippen LogP) is 7.60. The van der Waals surface area contributed by atoms with Crippen LogP contribution in [0.25, 0.3) is 21.5 Å². The molecule has 0 spiro atoms. The van der Waals surface area contributed by atoms with Crippen LogP contribution in [-0.4, -0.2) is 42.1 Å². The fraction of sp³-hybridized carbons (Fsp3) is 0.387. The molecule has 0 unspecified atom stereocenters. The van der Waals surface area contributed by atoms with Gasteiger partial charge in [-0.2, -0.15) is 0 Å². The van der Waals surface area contributed by atoms with Gasteiger partial charge in [-0.05, 0) is 51.5 Å². The van der Waals surface area contributed by atoms with Gasteiger partial charge in [0.1, 0.15) is 10.8 Å². The fourth-order valence-electron chi connectivity index (χ4n) is 4.33. The zero-order valence-electron chi connectivity index (χ0n) is 23.9. The summed E-state index contributed by atoms with van der Waals surface area (Å²) in [5.74, 6) is -1.47. The van der Waals surface area contributed by atoms with E-state index < -0.39 is 23.0 Å². The summed E-state index contributed by atoms with van der Waals surface area (Å²) in [4.78, 5) is 29.3. The molecule has 2 N–H and O–H groups in total. The van der Waals surface area contributed by atoms with Gasteiger partial charge < -0.3 is 19.5 Å². The van der Waals surface area contributed by atoms with E-state index in [4.69, 9.17) is 4.74 Å². The van der Waals surface area contributed by atoms with Crippen LogP contribution in [0.3, 0.4) is 0 Å². The summed E-state index contributed by atoms with van der Waals surface area (Å²) in [6.07, 6.45) is 2.11. The van der Waals surface area contributed by atoms with Gasteiger partial charge in [0.25, 0.3) is 0 Å². The van der Waals surface area contributed by atoms with Gasteiger partial charge in [-0.3, -0.25) is 4.79 Å². The van der Waals surface area contributed by atoms with Crippen LogP contribution in [0.2, 0.25) is 0 Å². The van der Waals surface area contributed by atoms with Crippen LogP contribution in [0.5, 0.6) is 5.75 Å². The normalized spacial score (nSPS) is 12.6. The molecule has 9 heteroatoms. The lowest BCUT2D eigenvalue weighted by Crippen LogP contribution is -2.37. The van der Waals surface area contributed by atoms with E-state index in [2.05, 4.69) is 54.6 Å². The Hall–Kier alpha value is -3.30. The van der Waals surface area contributed by atoms with Gasteiger partial charge in [-0.15, -0.1) is 23.1 Å². The van der Waals surface area contributed by atoms with Crippen molar-refractivity contribution in [1.82, 2.24) is 9.55 Å². The predicted molar refractivity (Wildman–Crippen MR) is 162 cm³/mol. The van der Waals surface area contributed by atoms with E-state index in [1.807, 2.05) is 17.5 Å². The van der Waals surface area contributed by atoms with Crippen molar-refractivity contribution in [2.45, 2.75) is 76.7 Å². The number of thioether (sulfide) groups is 1. The summed E-state index contributed by atoms with van der Waals surface area (Å²) in [5, 5.41) is 23.5. The highest BCUT2D eigenvalue weighted by atomic mass is 32.2. The molecule has 212 valence electrons. The lowest BCUT2D eigenvalue weighted by atomic mass is 9.88. The van der Waals surface area contributed by atoms with Crippen LogP contribution >= 0.6 is 23.1 Å². The van der Waals surface area contributed by atoms with Crippen molar-refractivity contribution in [3.63, 3.8) is 0 Å². The summed E-state index contributed by atoms with van der Waals surface area (Å²) < 4.78 is 7.93. The van der Waals surface area contributed by atoms with E-state index in [1.165, 1.54) is 13.8 Å². The van der Waals surface area contributed by atoms with Crippen LogP contribution in [0.15, 0.2) is 58.9 Å². The van der Waals surface area contributed by atoms with Crippen molar-refractivity contribution in [3.05, 3.63) is 65.3 Å². The Morgan fingerprint density at radius 2 is 1.65 bits per heavy atom. The maximum absolute atomic E-state index is 12.2. The third-order valence-electron chi connectivity index (χ3n) is 6.55. The molecule has 0 fully saturated rings. The number of aliphatic carboxylic acids is 2. The molecule has 0 aliphatic rings. The van der Waals surface area contributed by atoms with Gasteiger partial charge >= 0.3 is 11.9 Å². The van der Waals surface area contributed by atoms with E-state index in [0.29, 0.717) is 18.7 Å². The molecule has 0 aliphatic heterocycles. The lowest BCUT2D eigenvalue weighted by molar-refractivity contribution is -0.152. The summed E-state index contributed by atoms with van der Waals surface area (Å²) >= 11 is 3.27. The highest BCUT2D eigenvalue weighted by molar-refractivity contribution is 8.00. The average Bonchev–Trinajstić information content (AvgIpc) is 3.47. The van der Waals surface area contributed by atoms with E-state index in [1.54, 1.807) is 49.2 Å². The molecule has 0 saturated heterocycles. The number of fused-ring (bicyclic) bond motifs is 1. The number of thiazole rings is 1. The number of nitrogens with zero attached hydrogens (tertiary/aromatic N) is 2. The topological polar surface area (TPSA) is 102 Å². The zero-order chi connectivity index (χ0) is 29.5. The summed E-state index contributed by atoms with van der Waals surface area (Å²) in [7, 11) is 0. The number of benzene rings is 2. The first-order valence-corrected chi connectivity index (χ1v) is 14.8. The van der Waals surface area contributed by atoms with Gasteiger partial charge in [0.05, 0.1) is 5.41 Å². The maximum Gasteiger partial charge on any atom is 0.347 e. The number of carbonyl (C=O) groups is 2. The standard InChI is InChI=1S/C31H36N2O5S2/c1-29(2,3)40-25-22-16-21(38-31(6,7)28(36)37)12-13-23(22)33(24(25)17-30(4,5)27(34)35)18-19-8-10-20(11-9-19)26-32-14-15-39-26/h8-16H,17-18H2,1-7H3,(H,34,35)(H,36,37). The number of aromatic nitrogens is 2. The van der Waals surface area contributed by atoms with Crippen LogP contribution in [0.4, 0.5) is 0 Å². The molecule has 0 amide bonds. The van der Waals surface area contributed by atoms with Gasteiger partial charge in [0.2, 0.25) is 0 Å². The highest BCUT2D eigenvalue weighted by Crippen LogP contribution is 2.44.